The van der Waals surface area contributed by atoms with E-state index in [1.54, 1.807) is 0 Å². The second-order valence-electron chi connectivity index (χ2n) is 1.84. The highest BCUT2D eigenvalue weighted by molar-refractivity contribution is 4.52. The fourth-order valence-electron chi connectivity index (χ4n) is 0.685. The molecule has 0 amide bonds. The number of rotatable bonds is 4. The Kier molecular flexibility index (Phi) is 5.01. The summed E-state index contributed by atoms with van der Waals surface area (Å²) < 4.78 is 0. The van der Waals surface area contributed by atoms with Crippen LogP contribution >= 0.6 is 0 Å². The zero-order chi connectivity index (χ0) is 6.41. The molecule has 0 aliphatic carbocycles. The van der Waals surface area contributed by atoms with Gasteiger partial charge in [-0.2, -0.15) is 0 Å². The van der Waals surface area contributed by atoms with Crippen molar-refractivity contribution in [1.82, 2.24) is 10.6 Å². The molecule has 50 valence electrons. The molecule has 2 heteroatoms. The van der Waals surface area contributed by atoms with Crippen LogP contribution in [0.3, 0.4) is 0 Å². The molecule has 0 aromatic carbocycles. The Morgan fingerprint density at radius 3 is 1.75 bits per heavy atom. The van der Waals surface area contributed by atoms with Crippen molar-refractivity contribution in [3.63, 3.8) is 0 Å². The first kappa shape index (κ1) is 7.92. The summed E-state index contributed by atoms with van der Waals surface area (Å²) in [5, 5.41) is 6.47. The maximum Gasteiger partial charge on any atom is 0.0542 e. The topological polar surface area (TPSA) is 24.1 Å². The highest BCUT2D eigenvalue weighted by Gasteiger charge is 1.91. The molecule has 0 fully saturated rings. The summed E-state index contributed by atoms with van der Waals surface area (Å²) >= 11 is 0. The number of nitrogens with one attached hydrogen (secondary N) is 2. The third-order valence-corrected chi connectivity index (χ3v) is 1.02. The van der Waals surface area contributed by atoms with E-state index >= 15 is 0 Å². The van der Waals surface area contributed by atoms with Crippen LogP contribution in [0.25, 0.3) is 0 Å². The average molecular weight is 116 g/mol. The van der Waals surface area contributed by atoms with Gasteiger partial charge in [-0.05, 0) is 20.0 Å². The lowest BCUT2D eigenvalue weighted by atomic mass is 10.5. The van der Waals surface area contributed by atoms with Crippen molar-refractivity contribution < 1.29 is 0 Å². The molecule has 0 rings (SSSR count). The van der Waals surface area contributed by atoms with Crippen molar-refractivity contribution >= 4 is 0 Å². The van der Waals surface area contributed by atoms with Gasteiger partial charge in [0.1, 0.15) is 0 Å². The van der Waals surface area contributed by atoms with Crippen molar-refractivity contribution in [2.24, 2.45) is 0 Å². The molecular weight excluding hydrogens is 100 g/mol. The van der Waals surface area contributed by atoms with Gasteiger partial charge in [-0.3, -0.25) is 0 Å². The standard InChI is InChI=1S/C6H16N2/c1-4-7-6(3)8-5-2/h6-8H,4-5H2,1-3H3. The van der Waals surface area contributed by atoms with Crippen LogP contribution in [0.4, 0.5) is 0 Å². The van der Waals surface area contributed by atoms with Gasteiger partial charge in [-0.1, -0.05) is 13.8 Å². The quantitative estimate of drug-likeness (QED) is 0.524. The van der Waals surface area contributed by atoms with E-state index in [4.69, 9.17) is 0 Å². The molecule has 0 atom stereocenters. The van der Waals surface area contributed by atoms with Gasteiger partial charge < -0.3 is 10.6 Å². The Balaban J connectivity index is 2.92. The van der Waals surface area contributed by atoms with E-state index in [0.29, 0.717) is 6.17 Å². The molecule has 0 saturated carbocycles. The van der Waals surface area contributed by atoms with E-state index in [-0.39, 0.29) is 0 Å². The van der Waals surface area contributed by atoms with E-state index in [1.807, 2.05) is 0 Å². The molecule has 0 aliphatic rings. The Morgan fingerprint density at radius 1 is 1.12 bits per heavy atom. The normalized spacial score (nSPS) is 10.5. The molecule has 0 heterocycles. The molecule has 0 spiro atoms. The van der Waals surface area contributed by atoms with Gasteiger partial charge in [0.15, 0.2) is 0 Å². The van der Waals surface area contributed by atoms with Gasteiger partial charge in [-0.25, -0.2) is 0 Å². The largest absolute Gasteiger partial charge is 0.302 e. The molecule has 0 saturated heterocycles. The van der Waals surface area contributed by atoms with E-state index in [0.717, 1.165) is 13.1 Å². The second kappa shape index (κ2) is 5.06. The van der Waals surface area contributed by atoms with Gasteiger partial charge in [0.2, 0.25) is 0 Å². The minimum Gasteiger partial charge on any atom is -0.302 e. The zero-order valence-electron chi connectivity index (χ0n) is 5.99. The maximum absolute atomic E-state index is 3.24. The highest BCUT2D eigenvalue weighted by atomic mass is 15.1. The predicted molar refractivity (Wildman–Crippen MR) is 36.8 cm³/mol. The van der Waals surface area contributed by atoms with E-state index in [1.165, 1.54) is 0 Å². The lowest BCUT2D eigenvalue weighted by molar-refractivity contribution is 0.478. The summed E-state index contributed by atoms with van der Waals surface area (Å²) in [5.41, 5.74) is 0. The first-order valence-corrected chi connectivity index (χ1v) is 3.28. The van der Waals surface area contributed by atoms with Crippen LogP contribution in [0.2, 0.25) is 0 Å². The smallest absolute Gasteiger partial charge is 0.0542 e. The Bertz CT molecular complexity index is 39.8. The van der Waals surface area contributed by atoms with Crippen molar-refractivity contribution in [2.45, 2.75) is 26.9 Å². The van der Waals surface area contributed by atoms with Crippen LogP contribution < -0.4 is 10.6 Å². The summed E-state index contributed by atoms with van der Waals surface area (Å²) in [6.45, 7) is 8.40. The lowest BCUT2D eigenvalue weighted by Crippen LogP contribution is -2.39. The van der Waals surface area contributed by atoms with Crippen LogP contribution in [0.15, 0.2) is 0 Å². The van der Waals surface area contributed by atoms with Crippen molar-refractivity contribution in [2.75, 3.05) is 13.1 Å². The minimum atomic E-state index is 0.463. The summed E-state index contributed by atoms with van der Waals surface area (Å²) in [5.74, 6) is 0. The summed E-state index contributed by atoms with van der Waals surface area (Å²) in [6.07, 6.45) is 0.463. The van der Waals surface area contributed by atoms with Crippen LogP contribution in [-0.4, -0.2) is 19.3 Å². The Hall–Kier alpha value is -0.0800. The Morgan fingerprint density at radius 2 is 1.50 bits per heavy atom. The molecular formula is C6H16N2. The first-order chi connectivity index (χ1) is 3.81. The fraction of sp³-hybridized carbons (Fsp3) is 1.00. The van der Waals surface area contributed by atoms with Gasteiger partial charge >= 0.3 is 0 Å². The summed E-state index contributed by atoms with van der Waals surface area (Å²) in [4.78, 5) is 0. The third kappa shape index (κ3) is 4.09. The van der Waals surface area contributed by atoms with Crippen LogP contribution in [0.5, 0.6) is 0 Å². The van der Waals surface area contributed by atoms with Gasteiger partial charge in [0, 0.05) is 0 Å². The van der Waals surface area contributed by atoms with Crippen molar-refractivity contribution in [3.05, 3.63) is 0 Å². The molecule has 0 aliphatic heterocycles. The highest BCUT2D eigenvalue weighted by Crippen LogP contribution is 1.70. The summed E-state index contributed by atoms with van der Waals surface area (Å²) in [7, 11) is 0. The minimum absolute atomic E-state index is 0.463. The van der Waals surface area contributed by atoms with Crippen LogP contribution in [0.1, 0.15) is 20.8 Å². The average Bonchev–Trinajstić information content (AvgIpc) is 1.68. The molecule has 0 radical (unpaired) electrons. The predicted octanol–water partition coefficient (Wildman–Crippen LogP) is 0.551. The summed E-state index contributed by atoms with van der Waals surface area (Å²) in [6, 6.07) is 0. The molecule has 2 N–H and O–H groups in total. The van der Waals surface area contributed by atoms with Gasteiger partial charge in [0.25, 0.3) is 0 Å². The fourth-order valence-corrected chi connectivity index (χ4v) is 0.685. The van der Waals surface area contributed by atoms with Crippen molar-refractivity contribution in [1.29, 1.82) is 0 Å². The SMILES string of the molecule is CCNC(C)NCC. The van der Waals surface area contributed by atoms with Gasteiger partial charge in [-0.15, -0.1) is 0 Å². The second-order valence-corrected chi connectivity index (χ2v) is 1.84. The zero-order valence-corrected chi connectivity index (χ0v) is 5.99. The molecule has 0 aromatic rings. The number of hydrogen-bond acceptors (Lipinski definition) is 2. The van der Waals surface area contributed by atoms with Crippen molar-refractivity contribution in [3.8, 4) is 0 Å². The first-order valence-electron chi connectivity index (χ1n) is 3.28. The maximum atomic E-state index is 3.24. The Labute approximate surface area is 51.7 Å². The van der Waals surface area contributed by atoms with E-state index in [9.17, 15) is 0 Å². The van der Waals surface area contributed by atoms with Crippen LogP contribution in [0, 0.1) is 0 Å². The van der Waals surface area contributed by atoms with E-state index in [2.05, 4.69) is 31.4 Å². The monoisotopic (exact) mass is 116 g/mol. The van der Waals surface area contributed by atoms with Crippen LogP contribution in [-0.2, 0) is 0 Å². The third-order valence-electron chi connectivity index (χ3n) is 1.02. The molecule has 0 bridgehead atoms. The number of hydrogen-bond donors (Lipinski definition) is 2. The lowest BCUT2D eigenvalue weighted by Gasteiger charge is -2.11. The molecule has 0 unspecified atom stereocenters. The molecule has 8 heavy (non-hydrogen) atoms. The molecule has 2 nitrogen and oxygen atoms in total. The molecule has 0 aromatic heterocycles. The van der Waals surface area contributed by atoms with E-state index < -0.39 is 0 Å². The van der Waals surface area contributed by atoms with Gasteiger partial charge in [0.05, 0.1) is 6.17 Å².